The molecule has 2 rings (SSSR count). The Bertz CT molecular complexity index is 754. The summed E-state index contributed by atoms with van der Waals surface area (Å²) in [5.41, 5.74) is 0. The summed E-state index contributed by atoms with van der Waals surface area (Å²) >= 11 is 0. The molecule has 0 aliphatic carbocycles. The van der Waals surface area contributed by atoms with Crippen LogP contribution >= 0.6 is 0 Å². The number of carbonyl (C=O) groups excluding carboxylic acids is 1. The standard InChI is InChI=1S/C26H47NO13/c1-3-5-6-7-8-10-15(30)14(27-18(31)9-4-2)13-37-25-23(36)21(34)24(17(12-29)39-25)40-26-22(35)20(33)19(32)16(11-28)38-26/h8,10,14-17,19-26,28-30,32-36H,3-7,9,11-13H2,1-2H3,(H,27,31)/b10-8+. The Hall–Kier alpha value is -1.27. The van der Waals surface area contributed by atoms with E-state index in [4.69, 9.17) is 18.9 Å². The number of allylic oxidation sites excluding steroid dienone is 1. The van der Waals surface area contributed by atoms with Crippen LogP contribution in [0.5, 0.6) is 0 Å². The predicted octanol–water partition coefficient (Wildman–Crippen LogP) is -2.59. The van der Waals surface area contributed by atoms with Crippen LogP contribution in [0.3, 0.4) is 0 Å². The number of carbonyl (C=O) groups is 1. The lowest BCUT2D eigenvalue weighted by Crippen LogP contribution is -2.65. The van der Waals surface area contributed by atoms with E-state index in [0.29, 0.717) is 6.42 Å². The summed E-state index contributed by atoms with van der Waals surface area (Å²) in [7, 11) is 0. The fourth-order valence-electron chi connectivity index (χ4n) is 4.51. The summed E-state index contributed by atoms with van der Waals surface area (Å²) in [6.07, 6.45) is -8.89. The number of hydrogen-bond acceptors (Lipinski definition) is 13. The number of rotatable bonds is 16. The minimum atomic E-state index is -1.78. The van der Waals surface area contributed by atoms with Crippen molar-refractivity contribution in [3.63, 3.8) is 0 Å². The third kappa shape index (κ3) is 9.64. The summed E-state index contributed by atoms with van der Waals surface area (Å²) in [5.74, 6) is -0.305. The molecule has 0 aromatic carbocycles. The van der Waals surface area contributed by atoms with E-state index in [2.05, 4.69) is 12.2 Å². The van der Waals surface area contributed by atoms with Gasteiger partial charge in [-0.3, -0.25) is 4.79 Å². The second-order valence-corrected chi connectivity index (χ2v) is 10.2. The number of amides is 1. The Kier molecular flexibility index (Phi) is 15.4. The van der Waals surface area contributed by atoms with Crippen LogP contribution in [-0.2, 0) is 23.7 Å². The minimum Gasteiger partial charge on any atom is -0.394 e. The van der Waals surface area contributed by atoms with E-state index >= 15 is 0 Å². The van der Waals surface area contributed by atoms with Crippen LogP contribution in [0.1, 0.15) is 52.4 Å². The predicted molar refractivity (Wildman–Crippen MR) is 138 cm³/mol. The topological polar surface area (TPSA) is 228 Å². The van der Waals surface area contributed by atoms with Crippen molar-refractivity contribution in [2.45, 2.75) is 126 Å². The van der Waals surface area contributed by atoms with Gasteiger partial charge in [0, 0.05) is 6.42 Å². The first kappa shape index (κ1) is 34.9. The average Bonchev–Trinajstić information content (AvgIpc) is 2.94. The van der Waals surface area contributed by atoms with Crippen LogP contribution in [0.2, 0.25) is 0 Å². The van der Waals surface area contributed by atoms with Gasteiger partial charge in [0.2, 0.25) is 5.91 Å². The maximum absolute atomic E-state index is 12.2. The SMILES string of the molecule is CCCCC/C=C/C(O)C(COC1OC(CO)C(OC2OC(CO)C(O)C(O)C2O)C(O)C1O)NC(=O)CCC. The van der Waals surface area contributed by atoms with Crippen molar-refractivity contribution in [3.8, 4) is 0 Å². The minimum absolute atomic E-state index is 0.230. The quantitative estimate of drug-likeness (QED) is 0.0674. The van der Waals surface area contributed by atoms with E-state index in [1.807, 2.05) is 13.0 Å². The Morgan fingerprint density at radius 3 is 2.15 bits per heavy atom. The molecule has 12 atom stereocenters. The van der Waals surface area contributed by atoms with Gasteiger partial charge in [-0.15, -0.1) is 0 Å². The first-order chi connectivity index (χ1) is 19.1. The van der Waals surface area contributed by atoms with Gasteiger partial charge in [-0.05, 0) is 19.3 Å². The van der Waals surface area contributed by atoms with Crippen LogP contribution < -0.4 is 5.32 Å². The van der Waals surface area contributed by atoms with Gasteiger partial charge in [0.15, 0.2) is 12.6 Å². The first-order valence-corrected chi connectivity index (χ1v) is 13.9. The molecule has 14 nitrogen and oxygen atoms in total. The fraction of sp³-hybridized carbons (Fsp3) is 0.885. The Balaban J connectivity index is 2.06. The lowest BCUT2D eigenvalue weighted by Gasteiger charge is -2.46. The molecule has 2 aliphatic rings. The smallest absolute Gasteiger partial charge is 0.220 e. The van der Waals surface area contributed by atoms with Crippen molar-refractivity contribution in [1.29, 1.82) is 0 Å². The highest BCUT2D eigenvalue weighted by molar-refractivity contribution is 5.76. The number of unbranched alkanes of at least 4 members (excludes halogenated alkanes) is 3. The van der Waals surface area contributed by atoms with Crippen LogP contribution in [0.25, 0.3) is 0 Å². The third-order valence-corrected chi connectivity index (χ3v) is 6.94. The van der Waals surface area contributed by atoms with E-state index < -0.39 is 86.8 Å². The molecule has 234 valence electrons. The van der Waals surface area contributed by atoms with Crippen LogP contribution in [0.15, 0.2) is 12.2 Å². The van der Waals surface area contributed by atoms with Gasteiger partial charge in [-0.2, -0.15) is 0 Å². The summed E-state index contributed by atoms with van der Waals surface area (Å²) in [6.45, 7) is 2.19. The average molecular weight is 582 g/mol. The Labute approximate surface area is 234 Å². The molecule has 2 heterocycles. The second kappa shape index (κ2) is 17.6. The van der Waals surface area contributed by atoms with Crippen LogP contribution in [-0.4, -0.2) is 140 Å². The van der Waals surface area contributed by atoms with Crippen molar-refractivity contribution in [1.82, 2.24) is 5.32 Å². The van der Waals surface area contributed by atoms with Gasteiger partial charge < -0.3 is 65.1 Å². The van der Waals surface area contributed by atoms with E-state index in [1.165, 1.54) is 0 Å². The van der Waals surface area contributed by atoms with Crippen molar-refractivity contribution >= 4 is 5.91 Å². The first-order valence-electron chi connectivity index (χ1n) is 13.9. The molecular formula is C26H47NO13. The molecule has 0 bridgehead atoms. The second-order valence-electron chi connectivity index (χ2n) is 10.2. The lowest BCUT2D eigenvalue weighted by atomic mass is 9.97. The monoisotopic (exact) mass is 581 g/mol. The summed E-state index contributed by atoms with van der Waals surface area (Å²) < 4.78 is 22.1. The number of ether oxygens (including phenoxy) is 4. The highest BCUT2D eigenvalue weighted by Crippen LogP contribution is 2.29. The Morgan fingerprint density at radius 1 is 0.875 bits per heavy atom. The number of hydrogen-bond donors (Lipinski definition) is 9. The molecule has 0 aromatic heterocycles. The van der Waals surface area contributed by atoms with Gasteiger partial charge in [-0.25, -0.2) is 0 Å². The van der Waals surface area contributed by atoms with Crippen molar-refractivity contribution in [2.24, 2.45) is 0 Å². The zero-order valence-corrected chi connectivity index (χ0v) is 23.1. The highest BCUT2D eigenvalue weighted by Gasteiger charge is 2.50. The van der Waals surface area contributed by atoms with Gasteiger partial charge in [0.1, 0.15) is 48.8 Å². The summed E-state index contributed by atoms with van der Waals surface area (Å²) in [6, 6.07) is -0.898. The largest absolute Gasteiger partial charge is 0.394 e. The fourth-order valence-corrected chi connectivity index (χ4v) is 4.51. The van der Waals surface area contributed by atoms with Crippen LogP contribution in [0.4, 0.5) is 0 Å². The van der Waals surface area contributed by atoms with Crippen molar-refractivity contribution < 1.29 is 64.6 Å². The number of aliphatic hydroxyl groups excluding tert-OH is 8. The summed E-state index contributed by atoms with van der Waals surface area (Å²) in [5, 5.41) is 84.3. The maximum Gasteiger partial charge on any atom is 0.220 e. The van der Waals surface area contributed by atoms with Crippen molar-refractivity contribution in [3.05, 3.63) is 12.2 Å². The lowest BCUT2D eigenvalue weighted by molar-refractivity contribution is -0.359. The third-order valence-electron chi connectivity index (χ3n) is 6.94. The van der Waals surface area contributed by atoms with Gasteiger partial charge in [-0.1, -0.05) is 38.8 Å². The van der Waals surface area contributed by atoms with Crippen molar-refractivity contribution in [2.75, 3.05) is 19.8 Å². The molecular weight excluding hydrogens is 534 g/mol. The summed E-state index contributed by atoms with van der Waals surface area (Å²) in [4.78, 5) is 12.2. The molecule has 14 heteroatoms. The molecule has 9 N–H and O–H groups in total. The molecule has 0 aromatic rings. The van der Waals surface area contributed by atoms with Gasteiger partial charge >= 0.3 is 0 Å². The van der Waals surface area contributed by atoms with Gasteiger partial charge in [0.05, 0.1) is 32.0 Å². The maximum atomic E-state index is 12.2. The zero-order chi connectivity index (χ0) is 29.8. The van der Waals surface area contributed by atoms with Gasteiger partial charge in [0.25, 0.3) is 0 Å². The number of nitrogens with one attached hydrogen (secondary N) is 1. The van der Waals surface area contributed by atoms with E-state index in [1.54, 1.807) is 6.08 Å². The molecule has 2 fully saturated rings. The van der Waals surface area contributed by atoms with E-state index in [0.717, 1.165) is 25.7 Å². The molecule has 12 unspecified atom stereocenters. The van der Waals surface area contributed by atoms with E-state index in [-0.39, 0.29) is 18.9 Å². The molecule has 2 aliphatic heterocycles. The molecule has 0 saturated carbocycles. The molecule has 0 radical (unpaired) electrons. The number of aliphatic hydroxyl groups is 8. The normalized spacial score (nSPS) is 36.5. The zero-order valence-electron chi connectivity index (χ0n) is 23.1. The molecule has 40 heavy (non-hydrogen) atoms. The van der Waals surface area contributed by atoms with Crippen LogP contribution in [0, 0.1) is 0 Å². The molecule has 1 amide bonds. The molecule has 0 spiro atoms. The highest BCUT2D eigenvalue weighted by atomic mass is 16.7. The van der Waals surface area contributed by atoms with E-state index in [9.17, 15) is 45.6 Å². The molecule has 2 saturated heterocycles. The Morgan fingerprint density at radius 2 is 1.52 bits per heavy atom.